The van der Waals surface area contributed by atoms with Gasteiger partial charge in [-0.1, -0.05) is 88.7 Å². The van der Waals surface area contributed by atoms with Gasteiger partial charge in [-0.05, 0) is 51.7 Å². The molecule has 0 unspecified atom stereocenters. The van der Waals surface area contributed by atoms with Crippen molar-refractivity contribution in [3.8, 4) is 0 Å². The first-order valence-electron chi connectivity index (χ1n) is 8.99. The molecule has 0 saturated heterocycles. The van der Waals surface area contributed by atoms with Crippen molar-refractivity contribution in [2.45, 2.75) is 11.3 Å². The van der Waals surface area contributed by atoms with E-state index in [4.69, 9.17) is 0 Å². The molecule has 0 atom stereocenters. The molecule has 1 aromatic heterocycles. The molecule has 0 radical (unpaired) electrons. The summed E-state index contributed by atoms with van der Waals surface area (Å²) < 4.78 is 29.6. The van der Waals surface area contributed by atoms with Crippen LogP contribution >= 0.6 is 31.9 Å². The molecule has 6 heteroatoms. The van der Waals surface area contributed by atoms with Crippen LogP contribution in [0.1, 0.15) is 11.1 Å². The van der Waals surface area contributed by atoms with E-state index in [1.54, 1.807) is 30.3 Å². The highest BCUT2D eigenvalue weighted by molar-refractivity contribution is 9.15. The number of para-hydroxylation sites is 1. The standard InChI is InChI=1S/C23H17Br2NO2S/c24-21(17-9-3-1-4-10-17)16-15-20-19-13-7-8-14-22(19)26(23(20)25)29(27,28)18-11-5-2-6-12-18/h1-14,16H,15H2/b21-16+. The number of rotatable bonds is 5. The minimum atomic E-state index is -3.73. The lowest BCUT2D eigenvalue weighted by atomic mass is 10.1. The number of hydrogen-bond donors (Lipinski definition) is 0. The van der Waals surface area contributed by atoms with Crippen molar-refractivity contribution in [1.82, 2.24) is 3.97 Å². The predicted molar refractivity (Wildman–Crippen MR) is 126 cm³/mol. The van der Waals surface area contributed by atoms with Gasteiger partial charge in [0.05, 0.1) is 10.4 Å². The first kappa shape index (κ1) is 20.1. The summed E-state index contributed by atoms with van der Waals surface area (Å²) in [6, 6.07) is 26.1. The second-order valence-corrected chi connectivity index (χ2v) is 9.88. The van der Waals surface area contributed by atoms with Gasteiger partial charge in [-0.15, -0.1) is 0 Å². The third kappa shape index (κ3) is 3.84. The number of fused-ring (bicyclic) bond motifs is 1. The molecule has 0 bridgehead atoms. The summed E-state index contributed by atoms with van der Waals surface area (Å²) in [5.74, 6) is 0. The van der Waals surface area contributed by atoms with Crippen molar-refractivity contribution in [2.75, 3.05) is 0 Å². The molecule has 29 heavy (non-hydrogen) atoms. The number of hydrogen-bond acceptors (Lipinski definition) is 2. The largest absolute Gasteiger partial charge is 0.269 e. The highest BCUT2D eigenvalue weighted by Gasteiger charge is 2.25. The molecular formula is C23H17Br2NO2S. The van der Waals surface area contributed by atoms with Crippen molar-refractivity contribution >= 4 is 57.3 Å². The number of benzene rings is 3. The second-order valence-electron chi connectivity index (χ2n) is 6.49. The molecule has 3 aromatic carbocycles. The first-order valence-corrected chi connectivity index (χ1v) is 12.0. The molecule has 0 N–H and O–H groups in total. The topological polar surface area (TPSA) is 39.1 Å². The average Bonchev–Trinajstić information content (AvgIpc) is 3.05. The predicted octanol–water partition coefficient (Wildman–Crippen LogP) is 6.62. The Hall–Kier alpha value is -2.15. The van der Waals surface area contributed by atoms with Gasteiger partial charge < -0.3 is 0 Å². The van der Waals surface area contributed by atoms with Gasteiger partial charge in [0, 0.05) is 9.87 Å². The van der Waals surface area contributed by atoms with E-state index in [0.29, 0.717) is 16.5 Å². The molecule has 3 nitrogen and oxygen atoms in total. The lowest BCUT2D eigenvalue weighted by Crippen LogP contribution is -2.13. The maximum atomic E-state index is 13.3. The second kappa shape index (κ2) is 8.30. The van der Waals surface area contributed by atoms with E-state index in [2.05, 4.69) is 37.9 Å². The van der Waals surface area contributed by atoms with Gasteiger partial charge in [-0.25, -0.2) is 12.4 Å². The van der Waals surface area contributed by atoms with E-state index in [9.17, 15) is 8.42 Å². The van der Waals surface area contributed by atoms with Crippen LogP contribution in [0.15, 0.2) is 101 Å². The van der Waals surface area contributed by atoms with Crippen molar-refractivity contribution in [3.05, 3.63) is 107 Å². The molecule has 0 saturated carbocycles. The van der Waals surface area contributed by atoms with Crippen LogP contribution in [0.5, 0.6) is 0 Å². The molecule has 1 heterocycles. The third-order valence-corrected chi connectivity index (χ3v) is 8.27. The summed E-state index contributed by atoms with van der Waals surface area (Å²) in [5.41, 5.74) is 2.65. The maximum Gasteiger partial charge on any atom is 0.269 e. The molecule has 0 aliphatic rings. The Labute approximate surface area is 187 Å². The molecule has 0 aliphatic carbocycles. The summed E-state index contributed by atoms with van der Waals surface area (Å²) in [6.07, 6.45) is 2.63. The van der Waals surface area contributed by atoms with Crippen LogP contribution in [-0.2, 0) is 16.4 Å². The van der Waals surface area contributed by atoms with Gasteiger partial charge in [-0.2, -0.15) is 0 Å². The van der Waals surface area contributed by atoms with Crippen LogP contribution < -0.4 is 0 Å². The average molecular weight is 531 g/mol. The van der Waals surface area contributed by atoms with Gasteiger partial charge in [0.15, 0.2) is 0 Å². The van der Waals surface area contributed by atoms with E-state index in [1.807, 2.05) is 54.6 Å². The van der Waals surface area contributed by atoms with Crippen LogP contribution in [-0.4, -0.2) is 12.4 Å². The molecule has 0 aliphatic heterocycles. The molecule has 4 rings (SSSR count). The minimum absolute atomic E-state index is 0.258. The smallest absolute Gasteiger partial charge is 0.227 e. The number of aromatic nitrogens is 1. The number of halogens is 2. The van der Waals surface area contributed by atoms with Gasteiger partial charge in [-0.3, -0.25) is 0 Å². The zero-order chi connectivity index (χ0) is 20.4. The van der Waals surface area contributed by atoms with Gasteiger partial charge in [0.1, 0.15) is 4.60 Å². The Kier molecular flexibility index (Phi) is 5.76. The van der Waals surface area contributed by atoms with Crippen molar-refractivity contribution < 1.29 is 8.42 Å². The molecule has 0 amide bonds. The molecule has 146 valence electrons. The highest BCUT2D eigenvalue weighted by Crippen LogP contribution is 2.35. The Bertz CT molecular complexity index is 1290. The van der Waals surface area contributed by atoms with Crippen LogP contribution in [0, 0.1) is 0 Å². The summed E-state index contributed by atoms with van der Waals surface area (Å²) in [4.78, 5) is 0.258. The summed E-state index contributed by atoms with van der Waals surface area (Å²) in [7, 11) is -3.73. The Morgan fingerprint density at radius 3 is 2.14 bits per heavy atom. The van der Waals surface area contributed by atoms with Gasteiger partial charge >= 0.3 is 0 Å². The fraction of sp³-hybridized carbons (Fsp3) is 0.0435. The summed E-state index contributed by atoms with van der Waals surface area (Å²) in [6.45, 7) is 0. The van der Waals surface area contributed by atoms with E-state index in [0.717, 1.165) is 21.0 Å². The summed E-state index contributed by atoms with van der Waals surface area (Å²) in [5, 5.41) is 0.906. The van der Waals surface area contributed by atoms with Crippen LogP contribution in [0.2, 0.25) is 0 Å². The van der Waals surface area contributed by atoms with Gasteiger partial charge in [0.25, 0.3) is 10.0 Å². The van der Waals surface area contributed by atoms with Crippen LogP contribution in [0.3, 0.4) is 0 Å². The van der Waals surface area contributed by atoms with Crippen molar-refractivity contribution in [2.24, 2.45) is 0 Å². The maximum absolute atomic E-state index is 13.3. The normalized spacial score (nSPS) is 12.4. The molecule has 0 spiro atoms. The summed E-state index contributed by atoms with van der Waals surface area (Å²) >= 11 is 7.21. The number of allylic oxidation sites excluding steroid dienone is 1. The molecular weight excluding hydrogens is 514 g/mol. The lowest BCUT2D eigenvalue weighted by Gasteiger charge is -2.09. The minimum Gasteiger partial charge on any atom is -0.227 e. The van der Waals surface area contributed by atoms with Gasteiger partial charge in [0.2, 0.25) is 0 Å². The zero-order valence-electron chi connectivity index (χ0n) is 15.3. The Morgan fingerprint density at radius 2 is 1.45 bits per heavy atom. The lowest BCUT2D eigenvalue weighted by molar-refractivity contribution is 0.588. The van der Waals surface area contributed by atoms with Crippen molar-refractivity contribution in [1.29, 1.82) is 0 Å². The first-order chi connectivity index (χ1) is 14.0. The Balaban J connectivity index is 1.84. The third-order valence-electron chi connectivity index (χ3n) is 4.69. The van der Waals surface area contributed by atoms with Crippen LogP contribution in [0.25, 0.3) is 15.4 Å². The van der Waals surface area contributed by atoms with E-state index in [-0.39, 0.29) is 4.90 Å². The molecule has 4 aromatic rings. The van der Waals surface area contributed by atoms with E-state index < -0.39 is 10.0 Å². The molecule has 0 fully saturated rings. The fourth-order valence-corrected chi connectivity index (χ4v) is 6.30. The van der Waals surface area contributed by atoms with Crippen LogP contribution in [0.4, 0.5) is 0 Å². The van der Waals surface area contributed by atoms with E-state index >= 15 is 0 Å². The monoisotopic (exact) mass is 529 g/mol. The fourth-order valence-electron chi connectivity index (χ4n) is 3.28. The SMILES string of the molecule is O=S(=O)(c1ccccc1)n1c(Br)c(C/C=C(/Br)c2ccccc2)c2ccccc21. The highest BCUT2D eigenvalue weighted by atomic mass is 79.9. The zero-order valence-corrected chi connectivity index (χ0v) is 19.3. The van der Waals surface area contributed by atoms with Crippen molar-refractivity contribution in [3.63, 3.8) is 0 Å². The number of nitrogens with zero attached hydrogens (tertiary/aromatic N) is 1. The Morgan fingerprint density at radius 1 is 0.862 bits per heavy atom. The quantitative estimate of drug-likeness (QED) is 0.291. The van der Waals surface area contributed by atoms with E-state index in [1.165, 1.54) is 3.97 Å².